The Balaban J connectivity index is 2.46. The van der Waals surface area contributed by atoms with Gasteiger partial charge in [-0.2, -0.15) is 0 Å². The number of anilines is 1. The summed E-state index contributed by atoms with van der Waals surface area (Å²) in [6.07, 6.45) is -0.391. The van der Waals surface area contributed by atoms with Crippen LogP contribution in [-0.2, 0) is 4.74 Å². The molecular weight excluding hydrogens is 228 g/mol. The van der Waals surface area contributed by atoms with Gasteiger partial charge in [0.2, 0.25) is 0 Å². The normalized spacial score (nSPS) is 12.9. The number of nitrogens with one attached hydrogen (secondary N) is 1. The Bertz CT molecular complexity index is 411. The predicted molar refractivity (Wildman–Crippen MR) is 73.5 cm³/mol. The zero-order valence-corrected chi connectivity index (χ0v) is 11.5. The Morgan fingerprint density at radius 1 is 1.44 bits per heavy atom. The quantitative estimate of drug-likeness (QED) is 0.811. The van der Waals surface area contributed by atoms with Gasteiger partial charge in [0, 0.05) is 12.2 Å². The highest BCUT2D eigenvalue weighted by molar-refractivity contribution is 5.67. The van der Waals surface area contributed by atoms with Crippen LogP contribution in [0.1, 0.15) is 39.2 Å². The molecule has 0 radical (unpaired) electrons. The Hall–Kier alpha value is -1.71. The summed E-state index contributed by atoms with van der Waals surface area (Å²) in [5.41, 5.74) is 7.09. The second kappa shape index (κ2) is 5.76. The number of ether oxygens (including phenoxy) is 1. The first kappa shape index (κ1) is 14.4. The fraction of sp³-hybridized carbons (Fsp3) is 0.500. The summed E-state index contributed by atoms with van der Waals surface area (Å²) in [5, 5.41) is 2.75. The van der Waals surface area contributed by atoms with Gasteiger partial charge in [-0.25, -0.2) is 4.79 Å². The van der Waals surface area contributed by atoms with E-state index in [0.717, 1.165) is 11.3 Å². The molecule has 1 atom stereocenters. The summed E-state index contributed by atoms with van der Waals surface area (Å²) in [4.78, 5) is 11.5. The van der Waals surface area contributed by atoms with Crippen LogP contribution >= 0.6 is 0 Å². The van der Waals surface area contributed by atoms with E-state index in [1.54, 1.807) is 0 Å². The number of nitrogens with two attached hydrogens (primary N) is 1. The summed E-state index contributed by atoms with van der Waals surface area (Å²) in [5.74, 6) is 0.195. The number of benzene rings is 1. The van der Waals surface area contributed by atoms with E-state index in [9.17, 15) is 4.79 Å². The van der Waals surface area contributed by atoms with E-state index in [2.05, 4.69) is 5.32 Å². The van der Waals surface area contributed by atoms with E-state index in [0.29, 0.717) is 6.54 Å². The molecule has 0 aliphatic rings. The number of alkyl carbamates (subject to hydrolysis) is 1. The molecule has 0 aromatic heterocycles. The maximum Gasteiger partial charge on any atom is 0.407 e. The molecule has 0 heterocycles. The van der Waals surface area contributed by atoms with Crippen LogP contribution in [0.3, 0.4) is 0 Å². The molecule has 1 rings (SSSR count). The van der Waals surface area contributed by atoms with Gasteiger partial charge >= 0.3 is 6.09 Å². The van der Waals surface area contributed by atoms with Gasteiger partial charge in [0.25, 0.3) is 0 Å². The minimum atomic E-state index is -0.468. The molecule has 0 fully saturated rings. The molecular formula is C14H22N2O2. The fourth-order valence-corrected chi connectivity index (χ4v) is 1.53. The van der Waals surface area contributed by atoms with Crippen LogP contribution in [0.5, 0.6) is 0 Å². The number of carbonyl (C=O) groups excluding carboxylic acids is 1. The molecule has 0 spiro atoms. The molecule has 0 aliphatic heterocycles. The molecule has 100 valence electrons. The number of amides is 1. The lowest BCUT2D eigenvalue weighted by Crippen LogP contribution is -2.34. The molecule has 1 aromatic carbocycles. The molecule has 0 saturated carbocycles. The molecule has 0 saturated heterocycles. The van der Waals surface area contributed by atoms with E-state index in [1.807, 2.05) is 52.0 Å². The lowest BCUT2D eigenvalue weighted by molar-refractivity contribution is 0.0525. The van der Waals surface area contributed by atoms with Gasteiger partial charge in [-0.05, 0) is 44.4 Å². The number of hydrogen-bond acceptors (Lipinski definition) is 3. The lowest BCUT2D eigenvalue weighted by atomic mass is 10.0. The van der Waals surface area contributed by atoms with Gasteiger partial charge in [-0.3, -0.25) is 0 Å². The van der Waals surface area contributed by atoms with Crippen molar-refractivity contribution in [2.45, 2.75) is 39.2 Å². The van der Waals surface area contributed by atoms with Crippen molar-refractivity contribution in [3.63, 3.8) is 0 Å². The van der Waals surface area contributed by atoms with E-state index in [-0.39, 0.29) is 5.92 Å². The number of carbonyl (C=O) groups is 1. The number of hydrogen-bond donors (Lipinski definition) is 2. The largest absolute Gasteiger partial charge is 0.444 e. The van der Waals surface area contributed by atoms with Crippen LogP contribution in [0, 0.1) is 0 Å². The highest BCUT2D eigenvalue weighted by atomic mass is 16.6. The van der Waals surface area contributed by atoms with Gasteiger partial charge in [0.15, 0.2) is 0 Å². The van der Waals surface area contributed by atoms with Gasteiger partial charge in [-0.15, -0.1) is 0 Å². The van der Waals surface area contributed by atoms with E-state index >= 15 is 0 Å². The van der Waals surface area contributed by atoms with Crippen LogP contribution in [0.2, 0.25) is 0 Å². The fourth-order valence-electron chi connectivity index (χ4n) is 1.53. The minimum Gasteiger partial charge on any atom is -0.444 e. The van der Waals surface area contributed by atoms with Gasteiger partial charge < -0.3 is 15.8 Å². The SMILES string of the molecule is CC(CNC(=O)OC(C)(C)C)c1cccc(N)c1. The molecule has 18 heavy (non-hydrogen) atoms. The third kappa shape index (κ3) is 5.08. The van der Waals surface area contributed by atoms with Crippen molar-refractivity contribution in [2.24, 2.45) is 0 Å². The molecule has 0 bridgehead atoms. The van der Waals surface area contributed by atoms with Crippen molar-refractivity contribution in [3.8, 4) is 0 Å². The second-order valence-electron chi connectivity index (χ2n) is 5.45. The molecule has 1 amide bonds. The Kier molecular flexibility index (Phi) is 4.59. The van der Waals surface area contributed by atoms with Gasteiger partial charge in [0.05, 0.1) is 0 Å². The summed E-state index contributed by atoms with van der Waals surface area (Å²) in [7, 11) is 0. The standard InChI is InChI=1S/C14H22N2O2/c1-10(11-6-5-7-12(15)8-11)9-16-13(17)18-14(2,3)4/h5-8,10H,9,15H2,1-4H3,(H,16,17). The van der Waals surface area contributed by atoms with Crippen LogP contribution in [0.4, 0.5) is 10.5 Å². The topological polar surface area (TPSA) is 64.3 Å². The zero-order valence-electron chi connectivity index (χ0n) is 11.5. The highest BCUT2D eigenvalue weighted by Crippen LogP contribution is 2.17. The Morgan fingerprint density at radius 3 is 2.67 bits per heavy atom. The highest BCUT2D eigenvalue weighted by Gasteiger charge is 2.16. The van der Waals surface area contributed by atoms with Crippen LogP contribution in [-0.4, -0.2) is 18.2 Å². The van der Waals surface area contributed by atoms with Crippen LogP contribution in [0.25, 0.3) is 0 Å². The summed E-state index contributed by atoms with van der Waals surface area (Å²) < 4.78 is 5.17. The first-order valence-electron chi connectivity index (χ1n) is 6.10. The number of rotatable bonds is 3. The third-order valence-electron chi connectivity index (χ3n) is 2.43. The first-order valence-corrected chi connectivity index (χ1v) is 6.10. The van der Waals surface area contributed by atoms with E-state index < -0.39 is 11.7 Å². The Morgan fingerprint density at radius 2 is 2.11 bits per heavy atom. The van der Waals surface area contributed by atoms with Crippen molar-refractivity contribution in [1.82, 2.24) is 5.32 Å². The van der Waals surface area contributed by atoms with Crippen LogP contribution in [0.15, 0.2) is 24.3 Å². The smallest absolute Gasteiger partial charge is 0.407 e. The van der Waals surface area contributed by atoms with Gasteiger partial charge in [-0.1, -0.05) is 19.1 Å². The van der Waals surface area contributed by atoms with E-state index in [1.165, 1.54) is 0 Å². The average molecular weight is 250 g/mol. The third-order valence-corrected chi connectivity index (χ3v) is 2.43. The monoisotopic (exact) mass is 250 g/mol. The molecule has 4 heteroatoms. The van der Waals surface area contributed by atoms with Crippen molar-refractivity contribution < 1.29 is 9.53 Å². The molecule has 1 unspecified atom stereocenters. The zero-order chi connectivity index (χ0) is 13.8. The average Bonchev–Trinajstić information content (AvgIpc) is 2.23. The lowest BCUT2D eigenvalue weighted by Gasteiger charge is -2.21. The van der Waals surface area contributed by atoms with Gasteiger partial charge in [0.1, 0.15) is 5.60 Å². The summed E-state index contributed by atoms with van der Waals surface area (Å²) in [6.45, 7) is 8.08. The van der Waals surface area contributed by atoms with Crippen molar-refractivity contribution in [3.05, 3.63) is 29.8 Å². The van der Waals surface area contributed by atoms with E-state index in [4.69, 9.17) is 10.5 Å². The Labute approximate surface area is 109 Å². The summed E-state index contributed by atoms with van der Waals surface area (Å²) >= 11 is 0. The molecule has 4 nitrogen and oxygen atoms in total. The minimum absolute atomic E-state index is 0.195. The van der Waals surface area contributed by atoms with Crippen molar-refractivity contribution in [1.29, 1.82) is 0 Å². The first-order chi connectivity index (χ1) is 8.28. The molecule has 1 aromatic rings. The maximum absolute atomic E-state index is 11.5. The second-order valence-corrected chi connectivity index (χ2v) is 5.45. The molecule has 0 aliphatic carbocycles. The van der Waals surface area contributed by atoms with Crippen LogP contribution < -0.4 is 11.1 Å². The van der Waals surface area contributed by atoms with Crippen molar-refractivity contribution in [2.75, 3.05) is 12.3 Å². The summed E-state index contributed by atoms with van der Waals surface area (Å²) in [6, 6.07) is 7.67. The predicted octanol–water partition coefficient (Wildman–Crippen LogP) is 2.90. The molecule has 3 N–H and O–H groups in total. The maximum atomic E-state index is 11.5. The van der Waals surface area contributed by atoms with Crippen molar-refractivity contribution >= 4 is 11.8 Å². The number of nitrogen functional groups attached to an aromatic ring is 1.